The van der Waals surface area contributed by atoms with Gasteiger partial charge in [-0.05, 0) is 42.9 Å². The van der Waals surface area contributed by atoms with Crippen molar-refractivity contribution in [3.63, 3.8) is 0 Å². The normalized spacial score (nSPS) is 17.7. The Balaban J connectivity index is 2.27. The van der Waals surface area contributed by atoms with Crippen LogP contribution >= 0.6 is 12.2 Å². The lowest BCUT2D eigenvalue weighted by atomic mass is 10.2. The smallest absolute Gasteiger partial charge is 0.276 e. The van der Waals surface area contributed by atoms with E-state index in [0.717, 1.165) is 5.56 Å². The minimum atomic E-state index is -0.120. The van der Waals surface area contributed by atoms with Crippen molar-refractivity contribution >= 4 is 29.3 Å². The zero-order valence-electron chi connectivity index (χ0n) is 9.30. The van der Waals surface area contributed by atoms with Crippen LogP contribution in [-0.4, -0.2) is 27.6 Å². The van der Waals surface area contributed by atoms with Gasteiger partial charge in [0.25, 0.3) is 5.91 Å². The van der Waals surface area contributed by atoms with Crippen molar-refractivity contribution in [2.45, 2.75) is 6.92 Å². The molecule has 0 aliphatic carbocycles. The molecule has 0 atom stereocenters. The molecule has 5 heteroatoms. The molecule has 1 aliphatic heterocycles. The summed E-state index contributed by atoms with van der Waals surface area (Å²) in [6.07, 6.45) is 1.71. The number of rotatable bonds is 2. The summed E-state index contributed by atoms with van der Waals surface area (Å²) in [6.45, 7) is 2.42. The molecule has 88 valence electrons. The number of amides is 1. The van der Waals surface area contributed by atoms with Gasteiger partial charge in [0.05, 0.1) is 0 Å². The van der Waals surface area contributed by atoms with Crippen LogP contribution in [0.15, 0.2) is 30.0 Å². The Hall–Kier alpha value is -1.88. The molecule has 1 aromatic rings. The Morgan fingerprint density at radius 3 is 2.59 bits per heavy atom. The summed E-state index contributed by atoms with van der Waals surface area (Å²) < 4.78 is 0. The predicted octanol–water partition coefficient (Wildman–Crippen LogP) is 1.47. The molecule has 1 saturated heterocycles. The number of likely N-dealkylation sites (N-methyl/N-ethyl adjacent to an activating group) is 1. The number of carbonyl (C=O) groups excluding carboxylic acids is 1. The number of phenols is 1. The van der Waals surface area contributed by atoms with Gasteiger partial charge < -0.3 is 10.4 Å². The maximum Gasteiger partial charge on any atom is 0.276 e. The Morgan fingerprint density at radius 2 is 2.06 bits per heavy atom. The summed E-state index contributed by atoms with van der Waals surface area (Å²) in [4.78, 5) is 13.4. The molecule has 0 radical (unpaired) electrons. The fourth-order valence-corrected chi connectivity index (χ4v) is 1.92. The van der Waals surface area contributed by atoms with Gasteiger partial charge in [-0.3, -0.25) is 9.69 Å². The number of benzene rings is 1. The fourth-order valence-electron chi connectivity index (χ4n) is 1.60. The standard InChI is InChI=1S/C12H12N2O2S/c1-2-14-11(16)10(13-12(14)17)7-8-3-5-9(15)6-4-8/h3-7,15H,2H2,1H3,(H,13,17)/b10-7-. The van der Waals surface area contributed by atoms with Crippen LogP contribution in [0.3, 0.4) is 0 Å². The highest BCUT2D eigenvalue weighted by atomic mass is 32.1. The SMILES string of the molecule is CCN1C(=O)/C(=C/c2ccc(O)cc2)NC1=S. The van der Waals surface area contributed by atoms with E-state index in [-0.39, 0.29) is 11.7 Å². The third-order valence-electron chi connectivity index (χ3n) is 2.48. The van der Waals surface area contributed by atoms with Crippen LogP contribution in [0.25, 0.3) is 6.08 Å². The topological polar surface area (TPSA) is 52.6 Å². The summed E-state index contributed by atoms with van der Waals surface area (Å²) in [7, 11) is 0. The number of nitrogens with one attached hydrogen (secondary N) is 1. The first kappa shape index (κ1) is 11.6. The summed E-state index contributed by atoms with van der Waals surface area (Å²) in [5, 5.41) is 12.5. The van der Waals surface area contributed by atoms with Crippen LogP contribution in [0, 0.1) is 0 Å². The zero-order chi connectivity index (χ0) is 12.4. The van der Waals surface area contributed by atoms with Crippen molar-refractivity contribution in [3.8, 4) is 5.75 Å². The molecule has 0 aromatic heterocycles. The van der Waals surface area contributed by atoms with Crippen LogP contribution in [0.4, 0.5) is 0 Å². The second-order valence-electron chi connectivity index (χ2n) is 3.63. The van der Waals surface area contributed by atoms with Gasteiger partial charge in [0, 0.05) is 6.54 Å². The minimum Gasteiger partial charge on any atom is -0.508 e. The number of phenolic OH excluding ortho intramolecular Hbond substituents is 1. The molecule has 0 saturated carbocycles. The highest BCUT2D eigenvalue weighted by Crippen LogP contribution is 2.16. The molecule has 1 aromatic carbocycles. The van der Waals surface area contributed by atoms with Crippen molar-refractivity contribution < 1.29 is 9.90 Å². The van der Waals surface area contributed by atoms with Crippen LogP contribution in [0.2, 0.25) is 0 Å². The second-order valence-corrected chi connectivity index (χ2v) is 4.02. The number of hydrogen-bond donors (Lipinski definition) is 2. The summed E-state index contributed by atoms with van der Waals surface area (Å²) in [5.41, 5.74) is 1.29. The van der Waals surface area contributed by atoms with Gasteiger partial charge in [-0.1, -0.05) is 12.1 Å². The molecule has 0 spiro atoms. The average molecular weight is 248 g/mol. The zero-order valence-corrected chi connectivity index (χ0v) is 10.1. The molecular formula is C12H12N2O2S. The Bertz CT molecular complexity index is 494. The first-order valence-corrected chi connectivity index (χ1v) is 5.66. The molecule has 17 heavy (non-hydrogen) atoms. The second kappa shape index (κ2) is 4.55. The molecule has 0 bridgehead atoms. The lowest BCUT2D eigenvalue weighted by molar-refractivity contribution is -0.122. The van der Waals surface area contributed by atoms with E-state index in [4.69, 9.17) is 17.3 Å². The van der Waals surface area contributed by atoms with Gasteiger partial charge in [-0.15, -0.1) is 0 Å². The van der Waals surface area contributed by atoms with Gasteiger partial charge in [0.1, 0.15) is 11.4 Å². The van der Waals surface area contributed by atoms with Gasteiger partial charge in [0.15, 0.2) is 5.11 Å². The van der Waals surface area contributed by atoms with E-state index in [1.807, 2.05) is 6.92 Å². The van der Waals surface area contributed by atoms with Gasteiger partial charge in [0.2, 0.25) is 0 Å². The number of carbonyl (C=O) groups is 1. The van der Waals surface area contributed by atoms with E-state index in [2.05, 4.69) is 5.32 Å². The lowest BCUT2D eigenvalue weighted by Crippen LogP contribution is -2.30. The number of aromatic hydroxyl groups is 1. The Kier molecular flexibility index (Phi) is 3.10. The third kappa shape index (κ3) is 2.29. The number of thiocarbonyl (C=S) groups is 1. The maximum absolute atomic E-state index is 11.9. The van der Waals surface area contributed by atoms with E-state index in [0.29, 0.717) is 17.4 Å². The molecule has 2 rings (SSSR count). The van der Waals surface area contributed by atoms with Gasteiger partial charge in [-0.25, -0.2) is 0 Å². The molecule has 4 nitrogen and oxygen atoms in total. The molecular weight excluding hydrogens is 236 g/mol. The first-order chi connectivity index (χ1) is 8.11. The molecule has 2 N–H and O–H groups in total. The van der Waals surface area contributed by atoms with Crippen LogP contribution in [0.1, 0.15) is 12.5 Å². The van der Waals surface area contributed by atoms with Gasteiger partial charge >= 0.3 is 0 Å². The van der Waals surface area contributed by atoms with Crippen LogP contribution < -0.4 is 5.32 Å². The molecule has 0 unspecified atom stereocenters. The minimum absolute atomic E-state index is 0.120. The largest absolute Gasteiger partial charge is 0.508 e. The van der Waals surface area contributed by atoms with E-state index in [9.17, 15) is 4.79 Å². The van der Waals surface area contributed by atoms with Crippen LogP contribution in [-0.2, 0) is 4.79 Å². The quantitative estimate of drug-likeness (QED) is 0.614. The Morgan fingerprint density at radius 1 is 1.41 bits per heavy atom. The van der Waals surface area contributed by atoms with Crippen molar-refractivity contribution in [2.24, 2.45) is 0 Å². The highest BCUT2D eigenvalue weighted by Gasteiger charge is 2.28. The lowest BCUT2D eigenvalue weighted by Gasteiger charge is -2.08. The van der Waals surface area contributed by atoms with Crippen LogP contribution in [0.5, 0.6) is 5.75 Å². The highest BCUT2D eigenvalue weighted by molar-refractivity contribution is 7.80. The number of hydrogen-bond acceptors (Lipinski definition) is 3. The van der Waals surface area contributed by atoms with Crippen molar-refractivity contribution in [1.82, 2.24) is 10.2 Å². The van der Waals surface area contributed by atoms with Gasteiger partial charge in [-0.2, -0.15) is 0 Å². The van der Waals surface area contributed by atoms with E-state index in [1.54, 1.807) is 30.3 Å². The Labute approximate surface area is 105 Å². The van der Waals surface area contributed by atoms with Crippen molar-refractivity contribution in [3.05, 3.63) is 35.5 Å². The first-order valence-electron chi connectivity index (χ1n) is 5.25. The average Bonchev–Trinajstić information content (AvgIpc) is 2.57. The summed E-state index contributed by atoms with van der Waals surface area (Å²) in [6, 6.07) is 6.60. The molecule has 1 aliphatic rings. The maximum atomic E-state index is 11.9. The van der Waals surface area contributed by atoms with E-state index < -0.39 is 0 Å². The van der Waals surface area contributed by atoms with E-state index >= 15 is 0 Å². The molecule has 1 amide bonds. The fraction of sp³-hybridized carbons (Fsp3) is 0.167. The number of nitrogens with zero attached hydrogens (tertiary/aromatic N) is 1. The predicted molar refractivity (Wildman–Crippen MR) is 69.2 cm³/mol. The third-order valence-corrected chi connectivity index (χ3v) is 2.81. The molecule has 1 heterocycles. The van der Waals surface area contributed by atoms with E-state index in [1.165, 1.54) is 4.90 Å². The summed E-state index contributed by atoms with van der Waals surface area (Å²) >= 11 is 5.04. The monoisotopic (exact) mass is 248 g/mol. The van der Waals surface area contributed by atoms with Crippen molar-refractivity contribution in [2.75, 3.05) is 6.54 Å². The molecule has 1 fully saturated rings. The summed E-state index contributed by atoms with van der Waals surface area (Å²) in [5.74, 6) is 0.0779. The van der Waals surface area contributed by atoms with Crippen molar-refractivity contribution in [1.29, 1.82) is 0 Å².